The summed E-state index contributed by atoms with van der Waals surface area (Å²) < 4.78 is 15.4. The number of ether oxygens (including phenoxy) is 2. The molecule has 1 unspecified atom stereocenters. The van der Waals surface area contributed by atoms with Gasteiger partial charge in [0.25, 0.3) is 0 Å². The molecule has 1 aromatic heterocycles. The molecule has 0 aliphatic carbocycles. The Morgan fingerprint density at radius 2 is 2.10 bits per heavy atom. The predicted molar refractivity (Wildman–Crippen MR) is 80.2 cm³/mol. The van der Waals surface area contributed by atoms with E-state index < -0.39 is 0 Å². The van der Waals surface area contributed by atoms with E-state index in [9.17, 15) is 0 Å². The van der Waals surface area contributed by atoms with E-state index in [1.807, 2.05) is 30.3 Å². The average Bonchev–Trinajstić information content (AvgIpc) is 3.18. The number of hydrogen-bond donors (Lipinski definition) is 0. The van der Waals surface area contributed by atoms with Gasteiger partial charge in [-0.2, -0.15) is 0 Å². The van der Waals surface area contributed by atoms with E-state index in [4.69, 9.17) is 14.0 Å². The van der Waals surface area contributed by atoms with E-state index in [-0.39, 0.29) is 0 Å². The summed E-state index contributed by atoms with van der Waals surface area (Å²) in [5.41, 5.74) is 0. The minimum atomic E-state index is 0.421. The monoisotopic (exact) mass is 290 g/mol. The molecule has 0 bridgehead atoms. The Labute approximate surface area is 125 Å². The van der Waals surface area contributed by atoms with Crippen molar-refractivity contribution in [1.29, 1.82) is 0 Å². The smallest absolute Gasteiger partial charge is 0.174 e. The summed E-state index contributed by atoms with van der Waals surface area (Å²) in [4.78, 5) is 2.29. The van der Waals surface area contributed by atoms with E-state index in [0.29, 0.717) is 12.7 Å². The summed E-state index contributed by atoms with van der Waals surface area (Å²) in [7, 11) is 3.91. The van der Waals surface area contributed by atoms with E-state index in [1.165, 1.54) is 13.0 Å². The summed E-state index contributed by atoms with van der Waals surface area (Å²) in [6.45, 7) is 2.72. The highest BCUT2D eigenvalue weighted by Gasteiger charge is 2.17. The predicted octanol–water partition coefficient (Wildman–Crippen LogP) is 2.59. The molecule has 1 aliphatic rings. The van der Waals surface area contributed by atoms with Gasteiger partial charge in [0.15, 0.2) is 5.76 Å². The Morgan fingerprint density at radius 1 is 1.29 bits per heavy atom. The molecular formula is C16H22N2O3. The first-order valence-electron chi connectivity index (χ1n) is 7.06. The van der Waals surface area contributed by atoms with Crippen molar-refractivity contribution >= 4 is 0 Å². The first kappa shape index (κ1) is 15.5. The van der Waals surface area contributed by atoms with E-state index in [0.717, 1.165) is 18.1 Å². The maximum atomic E-state index is 5.42. The highest BCUT2D eigenvalue weighted by atomic mass is 16.5. The van der Waals surface area contributed by atoms with Crippen LogP contribution in [0.3, 0.4) is 0 Å². The van der Waals surface area contributed by atoms with Gasteiger partial charge >= 0.3 is 0 Å². The highest BCUT2D eigenvalue weighted by Crippen LogP contribution is 2.10. The Kier molecular flexibility index (Phi) is 6.24. The van der Waals surface area contributed by atoms with Crippen molar-refractivity contribution in [2.45, 2.75) is 19.1 Å². The number of hydrogen-bond acceptors (Lipinski definition) is 5. The van der Waals surface area contributed by atoms with Crippen LogP contribution < -0.4 is 4.74 Å². The molecule has 21 heavy (non-hydrogen) atoms. The van der Waals surface area contributed by atoms with Gasteiger partial charge in [0, 0.05) is 26.3 Å². The Morgan fingerprint density at radius 3 is 2.62 bits per heavy atom. The lowest BCUT2D eigenvalue weighted by Crippen LogP contribution is -2.17. The number of methoxy groups -OCH3 is 1. The second-order valence-electron chi connectivity index (χ2n) is 4.99. The number of aromatic nitrogens is 1. The van der Waals surface area contributed by atoms with Crippen molar-refractivity contribution in [2.75, 3.05) is 27.2 Å². The summed E-state index contributed by atoms with van der Waals surface area (Å²) in [5, 5.41) is 3.58. The Balaban J connectivity index is 0.000000173. The minimum Gasteiger partial charge on any atom is -0.486 e. The maximum absolute atomic E-state index is 5.42. The third-order valence-electron chi connectivity index (χ3n) is 3.30. The standard InChI is InChI=1S/C10H9NO2.C6H13NO/c1-2-4-9(5-3-1)12-8-10-6-7-11-13-10;1-7-4-3-6(5-7)8-2/h1-7H,8H2;6H,3-5H2,1-2H3. The van der Waals surface area contributed by atoms with Crippen LogP contribution in [0.2, 0.25) is 0 Å². The van der Waals surface area contributed by atoms with Crippen LogP contribution in [0.25, 0.3) is 0 Å². The summed E-state index contributed by atoms with van der Waals surface area (Å²) in [6.07, 6.45) is 3.30. The molecule has 2 aromatic rings. The van der Waals surface area contributed by atoms with Crippen LogP contribution in [0.15, 0.2) is 47.1 Å². The van der Waals surface area contributed by atoms with Gasteiger partial charge in [0.05, 0.1) is 12.3 Å². The van der Waals surface area contributed by atoms with Crippen LogP contribution in [0.5, 0.6) is 5.75 Å². The van der Waals surface area contributed by atoms with Gasteiger partial charge in [-0.15, -0.1) is 0 Å². The molecule has 0 amide bonds. The average molecular weight is 290 g/mol. The molecule has 0 saturated carbocycles. The number of likely N-dealkylation sites (tertiary alicyclic amines) is 1. The summed E-state index contributed by atoms with van der Waals surface area (Å²) in [6, 6.07) is 11.4. The molecule has 1 fully saturated rings. The van der Waals surface area contributed by atoms with Gasteiger partial charge in [0.1, 0.15) is 12.4 Å². The quantitative estimate of drug-likeness (QED) is 0.866. The van der Waals surface area contributed by atoms with E-state index in [1.54, 1.807) is 19.4 Å². The van der Waals surface area contributed by atoms with Gasteiger partial charge in [-0.3, -0.25) is 0 Å². The molecule has 0 spiro atoms. The van der Waals surface area contributed by atoms with Gasteiger partial charge in [0.2, 0.25) is 0 Å². The lowest BCUT2D eigenvalue weighted by molar-refractivity contribution is 0.111. The Hall–Kier alpha value is -1.85. The van der Waals surface area contributed by atoms with Crippen LogP contribution in [-0.4, -0.2) is 43.4 Å². The third kappa shape index (κ3) is 5.57. The van der Waals surface area contributed by atoms with Crippen molar-refractivity contribution in [2.24, 2.45) is 0 Å². The number of likely N-dealkylation sites (N-methyl/N-ethyl adjacent to an activating group) is 1. The zero-order valence-electron chi connectivity index (χ0n) is 12.6. The zero-order valence-corrected chi connectivity index (χ0v) is 12.6. The fourth-order valence-corrected chi connectivity index (χ4v) is 2.07. The second kappa shape index (κ2) is 8.44. The van der Waals surface area contributed by atoms with Gasteiger partial charge in [-0.25, -0.2) is 0 Å². The molecule has 1 aliphatic heterocycles. The molecule has 5 heteroatoms. The van der Waals surface area contributed by atoms with Gasteiger partial charge in [-0.1, -0.05) is 23.4 Å². The van der Waals surface area contributed by atoms with Crippen LogP contribution >= 0.6 is 0 Å². The molecule has 1 atom stereocenters. The van der Waals surface area contributed by atoms with Gasteiger partial charge in [-0.05, 0) is 25.6 Å². The van der Waals surface area contributed by atoms with Crippen molar-refractivity contribution in [3.8, 4) is 5.75 Å². The first-order chi connectivity index (χ1) is 10.3. The first-order valence-corrected chi connectivity index (χ1v) is 7.06. The van der Waals surface area contributed by atoms with Crippen LogP contribution in [-0.2, 0) is 11.3 Å². The van der Waals surface area contributed by atoms with Gasteiger partial charge < -0.3 is 18.9 Å². The van der Waals surface area contributed by atoms with Crippen LogP contribution in [0.4, 0.5) is 0 Å². The Bertz CT molecular complexity index is 487. The molecule has 0 radical (unpaired) electrons. The number of nitrogens with zero attached hydrogens (tertiary/aromatic N) is 2. The maximum Gasteiger partial charge on any atom is 0.174 e. The summed E-state index contributed by atoms with van der Waals surface area (Å²) in [5.74, 6) is 1.56. The molecular weight excluding hydrogens is 268 g/mol. The van der Waals surface area contributed by atoms with Crippen molar-refractivity contribution in [1.82, 2.24) is 10.1 Å². The highest BCUT2D eigenvalue weighted by molar-refractivity contribution is 5.21. The lowest BCUT2D eigenvalue weighted by atomic mass is 10.3. The topological polar surface area (TPSA) is 47.7 Å². The largest absolute Gasteiger partial charge is 0.486 e. The molecule has 5 nitrogen and oxygen atoms in total. The zero-order chi connectivity index (χ0) is 14.9. The molecule has 1 aromatic carbocycles. The SMILES string of the molecule is COC1CCN(C)C1.c1ccc(OCc2ccno2)cc1. The van der Waals surface area contributed by atoms with E-state index in [2.05, 4.69) is 17.1 Å². The van der Waals surface area contributed by atoms with E-state index >= 15 is 0 Å². The van der Waals surface area contributed by atoms with Crippen LogP contribution in [0, 0.1) is 0 Å². The normalized spacial score (nSPS) is 18.1. The lowest BCUT2D eigenvalue weighted by Gasteiger charge is -2.06. The van der Waals surface area contributed by atoms with Crippen molar-refractivity contribution in [3.63, 3.8) is 0 Å². The molecule has 3 rings (SSSR count). The fourth-order valence-electron chi connectivity index (χ4n) is 2.07. The molecule has 2 heterocycles. The third-order valence-corrected chi connectivity index (χ3v) is 3.30. The molecule has 0 N–H and O–H groups in total. The molecule has 1 saturated heterocycles. The fraction of sp³-hybridized carbons (Fsp3) is 0.438. The summed E-state index contributed by atoms with van der Waals surface area (Å²) >= 11 is 0. The van der Waals surface area contributed by atoms with Crippen molar-refractivity contribution in [3.05, 3.63) is 48.4 Å². The number of rotatable bonds is 4. The minimum absolute atomic E-state index is 0.421. The molecule has 114 valence electrons. The second-order valence-corrected chi connectivity index (χ2v) is 4.99. The van der Waals surface area contributed by atoms with Crippen molar-refractivity contribution < 1.29 is 14.0 Å². The van der Waals surface area contributed by atoms with Crippen LogP contribution in [0.1, 0.15) is 12.2 Å². The number of para-hydroxylation sites is 1. The number of benzene rings is 1.